The first kappa shape index (κ1) is 18.4. The summed E-state index contributed by atoms with van der Waals surface area (Å²) >= 11 is 0. The summed E-state index contributed by atoms with van der Waals surface area (Å²) in [7, 11) is 0. The minimum Gasteiger partial charge on any atom is -0.508 e. The minimum atomic E-state index is -0.526. The van der Waals surface area contributed by atoms with Gasteiger partial charge in [0.15, 0.2) is 0 Å². The zero-order chi connectivity index (χ0) is 18.6. The van der Waals surface area contributed by atoms with E-state index in [4.69, 9.17) is 0 Å². The van der Waals surface area contributed by atoms with E-state index in [9.17, 15) is 19.1 Å². The number of carbonyl (C=O) groups excluding carboxylic acids is 2. The van der Waals surface area contributed by atoms with Crippen molar-refractivity contribution in [2.24, 2.45) is 0 Å². The number of carbonyl (C=O) groups is 2. The first-order valence-electron chi connectivity index (χ1n) is 7.84. The Hall–Kier alpha value is -2.89. The number of hydrogen-bond acceptors (Lipinski definition) is 3. The Bertz CT molecular complexity index is 797. The van der Waals surface area contributed by atoms with Crippen molar-refractivity contribution in [3.05, 3.63) is 59.4 Å². The fourth-order valence-corrected chi connectivity index (χ4v) is 2.22. The van der Waals surface area contributed by atoms with E-state index in [1.54, 1.807) is 24.3 Å². The Morgan fingerprint density at radius 3 is 2.52 bits per heavy atom. The molecule has 0 unspecified atom stereocenters. The highest BCUT2D eigenvalue weighted by atomic mass is 19.1. The lowest BCUT2D eigenvalue weighted by Gasteiger charge is -2.20. The van der Waals surface area contributed by atoms with Crippen LogP contribution in [0.4, 0.5) is 10.1 Å². The summed E-state index contributed by atoms with van der Waals surface area (Å²) in [5, 5.41) is 15.2. The number of aromatic hydroxyl groups is 1. The molecule has 0 saturated heterocycles. The summed E-state index contributed by atoms with van der Waals surface area (Å²) in [4.78, 5) is 24.3. The molecular formula is C19H21FN2O3. The van der Waals surface area contributed by atoms with Gasteiger partial charge in [0.2, 0.25) is 5.91 Å². The number of phenolic OH excluding ortho intramolecular Hbond substituents is 1. The molecule has 0 aromatic heterocycles. The van der Waals surface area contributed by atoms with E-state index in [1.807, 2.05) is 20.8 Å². The summed E-state index contributed by atoms with van der Waals surface area (Å²) in [6, 6.07) is 9.95. The maximum absolute atomic E-state index is 13.2. The van der Waals surface area contributed by atoms with Crippen LogP contribution in [0.15, 0.2) is 42.5 Å². The molecular weight excluding hydrogens is 323 g/mol. The van der Waals surface area contributed by atoms with E-state index >= 15 is 0 Å². The predicted octanol–water partition coefficient (Wildman–Crippen LogP) is 3.24. The van der Waals surface area contributed by atoms with Gasteiger partial charge < -0.3 is 15.7 Å². The number of nitrogens with one attached hydrogen (secondary N) is 2. The van der Waals surface area contributed by atoms with Crippen LogP contribution in [0.2, 0.25) is 0 Å². The number of hydrogen-bond donors (Lipinski definition) is 3. The second-order valence-corrected chi connectivity index (χ2v) is 6.78. The van der Waals surface area contributed by atoms with Crippen molar-refractivity contribution in [3.63, 3.8) is 0 Å². The third-order valence-electron chi connectivity index (χ3n) is 3.29. The lowest BCUT2D eigenvalue weighted by Crippen LogP contribution is -2.40. The molecule has 6 heteroatoms. The number of rotatable bonds is 4. The van der Waals surface area contributed by atoms with Crippen molar-refractivity contribution in [1.82, 2.24) is 5.32 Å². The van der Waals surface area contributed by atoms with Gasteiger partial charge in [0.1, 0.15) is 11.6 Å². The molecule has 2 rings (SSSR count). The molecule has 2 aromatic carbocycles. The first-order valence-corrected chi connectivity index (χ1v) is 7.84. The first-order chi connectivity index (χ1) is 11.6. The smallest absolute Gasteiger partial charge is 0.251 e. The van der Waals surface area contributed by atoms with Gasteiger partial charge in [-0.25, -0.2) is 4.39 Å². The summed E-state index contributed by atoms with van der Waals surface area (Å²) in [5.74, 6) is -1.34. The van der Waals surface area contributed by atoms with Crippen LogP contribution in [0.25, 0.3) is 0 Å². The molecule has 2 amide bonds. The topological polar surface area (TPSA) is 78.4 Å². The predicted molar refractivity (Wildman–Crippen MR) is 94.1 cm³/mol. The summed E-state index contributed by atoms with van der Waals surface area (Å²) < 4.78 is 13.2. The number of halogens is 1. The number of benzene rings is 2. The van der Waals surface area contributed by atoms with Crippen molar-refractivity contribution < 1.29 is 19.1 Å². The quantitative estimate of drug-likeness (QED) is 0.797. The van der Waals surface area contributed by atoms with E-state index in [0.717, 1.165) is 12.1 Å². The second kappa shape index (κ2) is 7.34. The van der Waals surface area contributed by atoms with Gasteiger partial charge in [-0.2, -0.15) is 0 Å². The maximum atomic E-state index is 13.2. The van der Waals surface area contributed by atoms with Crippen molar-refractivity contribution in [1.29, 1.82) is 0 Å². The molecule has 3 N–H and O–H groups in total. The summed E-state index contributed by atoms with van der Waals surface area (Å²) in [6.07, 6.45) is -0.179. The normalized spacial score (nSPS) is 11.0. The molecule has 0 spiro atoms. The zero-order valence-corrected chi connectivity index (χ0v) is 14.4. The van der Waals surface area contributed by atoms with E-state index < -0.39 is 11.7 Å². The Kier molecular flexibility index (Phi) is 5.41. The largest absolute Gasteiger partial charge is 0.508 e. The molecule has 132 valence electrons. The third-order valence-corrected chi connectivity index (χ3v) is 3.29. The van der Waals surface area contributed by atoms with Crippen LogP contribution in [-0.4, -0.2) is 22.5 Å². The highest BCUT2D eigenvalue weighted by Gasteiger charge is 2.16. The zero-order valence-electron chi connectivity index (χ0n) is 14.4. The van der Waals surface area contributed by atoms with Crippen LogP contribution in [0.3, 0.4) is 0 Å². The number of phenols is 1. The van der Waals surface area contributed by atoms with Crippen molar-refractivity contribution in [3.8, 4) is 5.75 Å². The van der Waals surface area contributed by atoms with E-state index in [-0.39, 0.29) is 29.2 Å². The molecule has 0 aliphatic heterocycles. The highest BCUT2D eigenvalue weighted by molar-refractivity contribution is 5.98. The van der Waals surface area contributed by atoms with Crippen LogP contribution in [0, 0.1) is 5.82 Å². The third kappa shape index (κ3) is 5.60. The van der Waals surface area contributed by atoms with Crippen LogP contribution >= 0.6 is 0 Å². The molecule has 0 fully saturated rings. The van der Waals surface area contributed by atoms with Gasteiger partial charge >= 0.3 is 0 Å². The maximum Gasteiger partial charge on any atom is 0.251 e. The Morgan fingerprint density at radius 2 is 1.84 bits per heavy atom. The monoisotopic (exact) mass is 344 g/mol. The Balaban J connectivity index is 2.07. The van der Waals surface area contributed by atoms with Crippen molar-refractivity contribution in [2.75, 3.05) is 5.32 Å². The van der Waals surface area contributed by atoms with Gasteiger partial charge in [-0.15, -0.1) is 0 Å². The standard InChI is InChI=1S/C19H21FN2O3/c1-19(2,3)22-18(25)12-5-4-6-15(10-12)21-17(24)11-13-9-14(20)7-8-16(13)23/h4-10,23H,11H2,1-3H3,(H,21,24)(H,22,25). The van der Waals surface area contributed by atoms with Gasteiger partial charge in [0.25, 0.3) is 5.91 Å². The molecule has 0 aliphatic carbocycles. The van der Waals surface area contributed by atoms with Gasteiger partial charge in [-0.1, -0.05) is 6.07 Å². The molecule has 0 aliphatic rings. The van der Waals surface area contributed by atoms with Gasteiger partial charge in [0.05, 0.1) is 6.42 Å². The number of amides is 2. The average molecular weight is 344 g/mol. The van der Waals surface area contributed by atoms with Crippen LogP contribution in [0.5, 0.6) is 5.75 Å². The Morgan fingerprint density at radius 1 is 1.12 bits per heavy atom. The molecule has 5 nitrogen and oxygen atoms in total. The van der Waals surface area contributed by atoms with Crippen LogP contribution < -0.4 is 10.6 Å². The molecule has 0 radical (unpaired) electrons. The minimum absolute atomic E-state index is 0.144. The molecule has 2 aromatic rings. The second-order valence-electron chi connectivity index (χ2n) is 6.78. The van der Waals surface area contributed by atoms with E-state index in [1.165, 1.54) is 6.07 Å². The Labute approximate surface area is 145 Å². The number of anilines is 1. The molecule has 0 atom stereocenters. The van der Waals surface area contributed by atoms with Crippen LogP contribution in [0.1, 0.15) is 36.7 Å². The molecule has 0 heterocycles. The highest BCUT2D eigenvalue weighted by Crippen LogP contribution is 2.19. The molecule has 0 bridgehead atoms. The summed E-state index contributed by atoms with van der Waals surface area (Å²) in [6.45, 7) is 5.63. The average Bonchev–Trinajstić information content (AvgIpc) is 2.49. The van der Waals surface area contributed by atoms with Gasteiger partial charge in [-0.05, 0) is 57.2 Å². The van der Waals surface area contributed by atoms with Crippen LogP contribution in [-0.2, 0) is 11.2 Å². The van der Waals surface area contributed by atoms with E-state index in [0.29, 0.717) is 11.3 Å². The fourth-order valence-electron chi connectivity index (χ4n) is 2.22. The van der Waals surface area contributed by atoms with E-state index in [2.05, 4.69) is 10.6 Å². The SMILES string of the molecule is CC(C)(C)NC(=O)c1cccc(NC(=O)Cc2cc(F)ccc2O)c1. The summed E-state index contributed by atoms with van der Waals surface area (Å²) in [5.41, 5.74) is 0.688. The molecule has 0 saturated carbocycles. The van der Waals surface area contributed by atoms with Crippen molar-refractivity contribution >= 4 is 17.5 Å². The van der Waals surface area contributed by atoms with Gasteiger partial charge in [0, 0.05) is 22.4 Å². The van der Waals surface area contributed by atoms with Crippen molar-refractivity contribution in [2.45, 2.75) is 32.7 Å². The van der Waals surface area contributed by atoms with Gasteiger partial charge in [-0.3, -0.25) is 9.59 Å². The fraction of sp³-hybridized carbons (Fsp3) is 0.263. The lowest BCUT2D eigenvalue weighted by atomic mass is 10.1. The molecule has 25 heavy (non-hydrogen) atoms. The lowest BCUT2D eigenvalue weighted by molar-refractivity contribution is -0.115.